The second kappa shape index (κ2) is 6.01. The van der Waals surface area contributed by atoms with E-state index in [1.54, 1.807) is 6.07 Å². The molecule has 2 amide bonds. The van der Waals surface area contributed by atoms with Gasteiger partial charge in [0.05, 0.1) is 11.5 Å². The number of carbonyl (C=O) groups excluding carboxylic acids is 3. The van der Waals surface area contributed by atoms with Crippen molar-refractivity contribution in [1.29, 1.82) is 0 Å². The van der Waals surface area contributed by atoms with E-state index in [4.69, 9.17) is 0 Å². The Labute approximate surface area is 96.1 Å². The molecule has 0 radical (unpaired) electrons. The van der Waals surface area contributed by atoms with E-state index in [-0.39, 0.29) is 5.56 Å². The highest BCUT2D eigenvalue weighted by atomic mass is 16.4. The van der Waals surface area contributed by atoms with Crippen molar-refractivity contribution in [3.63, 3.8) is 0 Å². The smallest absolute Gasteiger partial charge is 0.271 e. The highest BCUT2D eigenvalue weighted by Crippen LogP contribution is 1.93. The minimum Gasteiger partial charge on any atom is -0.545 e. The molecule has 7 heteroatoms. The van der Waals surface area contributed by atoms with Gasteiger partial charge in [0.15, 0.2) is 0 Å². The third-order valence-electron chi connectivity index (χ3n) is 1.59. The van der Waals surface area contributed by atoms with Gasteiger partial charge in [-0.15, -0.1) is 0 Å². The van der Waals surface area contributed by atoms with E-state index >= 15 is 0 Å². The number of hydrogen-bond donors (Lipinski definition) is 2. The molecule has 2 N–H and O–H groups in total. The summed E-state index contributed by atoms with van der Waals surface area (Å²) in [5.74, 6) is -2.85. The van der Waals surface area contributed by atoms with Gasteiger partial charge in [0, 0.05) is 18.5 Å². The second-order valence-corrected chi connectivity index (χ2v) is 2.84. The Balaban J connectivity index is 2.44. The van der Waals surface area contributed by atoms with Gasteiger partial charge in [-0.2, -0.15) is 0 Å². The number of nitrogens with one attached hydrogen (secondary N) is 2. The summed E-state index contributed by atoms with van der Waals surface area (Å²) in [7, 11) is 0. The average molecular weight is 234 g/mol. The Morgan fingerprint density at radius 2 is 2.00 bits per heavy atom. The van der Waals surface area contributed by atoms with Crippen LogP contribution in [0.15, 0.2) is 36.7 Å². The van der Waals surface area contributed by atoms with Crippen molar-refractivity contribution in [2.24, 2.45) is 0 Å². The zero-order chi connectivity index (χ0) is 12.7. The molecule has 0 atom stereocenters. The maximum absolute atomic E-state index is 11.4. The van der Waals surface area contributed by atoms with Crippen molar-refractivity contribution in [2.75, 3.05) is 0 Å². The molecule has 0 unspecified atom stereocenters. The summed E-state index contributed by atoms with van der Waals surface area (Å²) in [6.07, 6.45) is 4.08. The summed E-state index contributed by atoms with van der Waals surface area (Å²) in [6, 6.07) is 3.07. The third-order valence-corrected chi connectivity index (χ3v) is 1.59. The predicted octanol–water partition coefficient (Wildman–Crippen LogP) is -1.85. The van der Waals surface area contributed by atoms with Crippen LogP contribution >= 0.6 is 0 Å². The van der Waals surface area contributed by atoms with Crippen molar-refractivity contribution in [2.45, 2.75) is 0 Å². The molecule has 0 fully saturated rings. The minimum atomic E-state index is -1.50. The lowest BCUT2D eigenvalue weighted by atomic mass is 10.3. The first-order chi connectivity index (χ1) is 8.09. The average Bonchev–Trinajstić information content (AvgIpc) is 2.34. The van der Waals surface area contributed by atoms with E-state index < -0.39 is 17.8 Å². The quantitative estimate of drug-likeness (QED) is 0.471. The maximum Gasteiger partial charge on any atom is 0.271 e. The van der Waals surface area contributed by atoms with Crippen LogP contribution in [0.25, 0.3) is 0 Å². The number of aromatic nitrogens is 1. The Hall–Kier alpha value is -2.70. The molecule has 88 valence electrons. The first kappa shape index (κ1) is 12.4. The van der Waals surface area contributed by atoms with Crippen LogP contribution in [0, 0.1) is 0 Å². The highest BCUT2D eigenvalue weighted by Gasteiger charge is 2.04. The molecule has 1 rings (SSSR count). The van der Waals surface area contributed by atoms with Crippen LogP contribution in [0.2, 0.25) is 0 Å². The van der Waals surface area contributed by atoms with Crippen LogP contribution in [0.5, 0.6) is 0 Å². The van der Waals surface area contributed by atoms with Gasteiger partial charge in [0.25, 0.3) is 11.8 Å². The zero-order valence-electron chi connectivity index (χ0n) is 8.54. The van der Waals surface area contributed by atoms with Crippen molar-refractivity contribution < 1.29 is 19.5 Å². The number of hydrogen-bond acceptors (Lipinski definition) is 5. The summed E-state index contributed by atoms with van der Waals surface area (Å²) in [6.45, 7) is 0. The number of carbonyl (C=O) groups is 3. The molecule has 0 aliphatic rings. The van der Waals surface area contributed by atoms with Gasteiger partial charge in [-0.25, -0.2) is 0 Å². The molecule has 0 aliphatic heterocycles. The van der Waals surface area contributed by atoms with Gasteiger partial charge < -0.3 is 9.90 Å². The fourth-order valence-electron chi connectivity index (χ4n) is 0.873. The molecule has 0 spiro atoms. The molecular formula is C10H8N3O4-. The Morgan fingerprint density at radius 3 is 2.59 bits per heavy atom. The molecule has 0 bridgehead atoms. The molecule has 7 nitrogen and oxygen atoms in total. The number of rotatable bonds is 3. The van der Waals surface area contributed by atoms with Gasteiger partial charge in [-0.3, -0.25) is 25.4 Å². The fraction of sp³-hybridized carbons (Fsp3) is 0. The van der Waals surface area contributed by atoms with Crippen LogP contribution in [0.1, 0.15) is 10.4 Å². The van der Waals surface area contributed by atoms with Crippen LogP contribution in [0.3, 0.4) is 0 Å². The fourth-order valence-corrected chi connectivity index (χ4v) is 0.873. The van der Waals surface area contributed by atoms with Crippen molar-refractivity contribution in [3.05, 3.63) is 42.2 Å². The highest BCUT2D eigenvalue weighted by molar-refractivity contribution is 5.97. The maximum atomic E-state index is 11.4. The Bertz CT molecular complexity index is 456. The van der Waals surface area contributed by atoms with Gasteiger partial charge >= 0.3 is 0 Å². The second-order valence-electron chi connectivity index (χ2n) is 2.84. The first-order valence-electron chi connectivity index (χ1n) is 4.49. The number of nitrogens with zero attached hydrogens (tertiary/aromatic N) is 1. The number of carboxylic acids is 1. The van der Waals surface area contributed by atoms with Gasteiger partial charge in [0.1, 0.15) is 0 Å². The van der Waals surface area contributed by atoms with Crippen molar-refractivity contribution in [1.82, 2.24) is 15.8 Å². The number of amides is 2. The van der Waals surface area contributed by atoms with E-state index in [2.05, 4.69) is 10.4 Å². The SMILES string of the molecule is O=C([O-])C=CC(=O)NNC(=O)c1cccnc1. The normalized spacial score (nSPS) is 9.88. The molecule has 0 aliphatic carbocycles. The van der Waals surface area contributed by atoms with Gasteiger partial charge in [-0.05, 0) is 18.2 Å². The van der Waals surface area contributed by atoms with Crippen LogP contribution in [-0.4, -0.2) is 22.8 Å². The van der Waals surface area contributed by atoms with Crippen molar-refractivity contribution >= 4 is 17.8 Å². The minimum absolute atomic E-state index is 0.261. The van der Waals surface area contributed by atoms with Gasteiger partial charge in [-0.1, -0.05) is 0 Å². The largest absolute Gasteiger partial charge is 0.545 e. The zero-order valence-corrected chi connectivity index (χ0v) is 8.54. The monoisotopic (exact) mass is 234 g/mol. The summed E-state index contributed by atoms with van der Waals surface area (Å²) < 4.78 is 0. The first-order valence-corrected chi connectivity index (χ1v) is 4.49. The van der Waals surface area contributed by atoms with E-state index in [1.807, 2.05) is 5.43 Å². The molecule has 1 heterocycles. The Kier molecular flexibility index (Phi) is 4.37. The summed E-state index contributed by atoms with van der Waals surface area (Å²) in [5, 5.41) is 9.99. The molecule has 17 heavy (non-hydrogen) atoms. The summed E-state index contributed by atoms with van der Waals surface area (Å²) in [5.41, 5.74) is 4.33. The van der Waals surface area contributed by atoms with Crippen LogP contribution in [-0.2, 0) is 9.59 Å². The Morgan fingerprint density at radius 1 is 1.24 bits per heavy atom. The number of carboxylic acid groups (broad SMARTS) is 1. The lowest BCUT2D eigenvalue weighted by Gasteiger charge is -2.04. The molecule has 1 aromatic heterocycles. The standard InChI is InChI=1S/C10H9N3O4/c14-8(3-4-9(15)16)12-13-10(17)7-2-1-5-11-6-7/h1-6H,(H,12,14)(H,13,17)(H,15,16)/p-1. The molecule has 0 saturated carbocycles. The summed E-state index contributed by atoms with van der Waals surface area (Å²) in [4.78, 5) is 36.0. The number of pyridine rings is 1. The van der Waals surface area contributed by atoms with Crippen molar-refractivity contribution in [3.8, 4) is 0 Å². The lowest BCUT2D eigenvalue weighted by Crippen LogP contribution is -2.41. The molecular weight excluding hydrogens is 226 g/mol. The van der Waals surface area contributed by atoms with E-state index in [9.17, 15) is 19.5 Å². The molecule has 0 aromatic carbocycles. The van der Waals surface area contributed by atoms with Gasteiger partial charge in [0.2, 0.25) is 0 Å². The van der Waals surface area contributed by atoms with Crippen LogP contribution < -0.4 is 16.0 Å². The third kappa shape index (κ3) is 4.56. The molecule has 1 aromatic rings. The lowest BCUT2D eigenvalue weighted by molar-refractivity contribution is -0.297. The predicted molar refractivity (Wildman–Crippen MR) is 54.0 cm³/mol. The molecule has 0 saturated heterocycles. The number of hydrazine groups is 1. The number of aliphatic carboxylic acids is 1. The summed E-state index contributed by atoms with van der Waals surface area (Å²) >= 11 is 0. The van der Waals surface area contributed by atoms with E-state index in [1.165, 1.54) is 18.5 Å². The topological polar surface area (TPSA) is 111 Å². The van der Waals surface area contributed by atoms with Crippen LogP contribution in [0.4, 0.5) is 0 Å². The van der Waals surface area contributed by atoms with E-state index in [0.29, 0.717) is 6.08 Å². The van der Waals surface area contributed by atoms with E-state index in [0.717, 1.165) is 6.08 Å².